The van der Waals surface area contributed by atoms with E-state index in [0.717, 1.165) is 109 Å². The molecule has 0 aromatic heterocycles. The second-order valence-electron chi connectivity index (χ2n) is 23.4. The number of hydrogen-bond donors (Lipinski definition) is 0. The number of unbranched alkanes of at least 4 members (excludes halogenated alkanes) is 39. The smallest absolute Gasteiger partial charge is 0.306 e. The van der Waals surface area contributed by atoms with Crippen LogP contribution in [0.1, 0.15) is 355 Å². The fraction of sp³-hybridized carbons (Fsp3) is 0.773. The normalized spacial score (nSPS) is 12.6. The quantitative estimate of drug-likeness (QED) is 0.0261. The van der Waals surface area contributed by atoms with E-state index in [4.69, 9.17) is 14.2 Å². The molecule has 0 aliphatic heterocycles. The number of carbonyl (C=O) groups is 3. The van der Waals surface area contributed by atoms with Crippen molar-refractivity contribution in [2.45, 2.75) is 361 Å². The predicted molar refractivity (Wildman–Crippen MR) is 353 cm³/mol. The number of allylic oxidation sites excluding steroid dienone is 14. The lowest BCUT2D eigenvalue weighted by Crippen LogP contribution is -2.30. The minimum absolute atomic E-state index is 0.0869. The van der Waals surface area contributed by atoms with Gasteiger partial charge in [0, 0.05) is 19.3 Å². The molecule has 0 amide bonds. The van der Waals surface area contributed by atoms with Gasteiger partial charge in [0.05, 0.1) is 0 Å². The van der Waals surface area contributed by atoms with Gasteiger partial charge in [-0.05, 0) is 116 Å². The minimum atomic E-state index is -0.794. The van der Waals surface area contributed by atoms with Gasteiger partial charge in [-0.15, -0.1) is 0 Å². The van der Waals surface area contributed by atoms with Gasteiger partial charge in [0.15, 0.2) is 6.10 Å². The van der Waals surface area contributed by atoms with Crippen molar-refractivity contribution in [2.24, 2.45) is 0 Å². The summed E-state index contributed by atoms with van der Waals surface area (Å²) in [6.45, 7) is 6.52. The zero-order valence-electron chi connectivity index (χ0n) is 53.8. The maximum absolute atomic E-state index is 12.9. The molecule has 0 heterocycles. The summed E-state index contributed by atoms with van der Waals surface area (Å²) in [6, 6.07) is 0. The van der Waals surface area contributed by atoms with Crippen LogP contribution in [-0.2, 0) is 28.6 Å². The summed E-state index contributed by atoms with van der Waals surface area (Å²) in [4.78, 5) is 38.4. The van der Waals surface area contributed by atoms with Crippen molar-refractivity contribution in [1.82, 2.24) is 0 Å². The predicted octanol–water partition coefficient (Wildman–Crippen LogP) is 24.2. The van der Waals surface area contributed by atoms with E-state index >= 15 is 0 Å². The molecule has 0 radical (unpaired) electrons. The lowest BCUT2D eigenvalue weighted by Gasteiger charge is -2.18. The molecule has 468 valence electrons. The molecule has 0 bridgehead atoms. The molecule has 0 N–H and O–H groups in total. The maximum atomic E-state index is 12.9. The number of ether oxygens (including phenoxy) is 3. The van der Waals surface area contributed by atoms with Gasteiger partial charge in [-0.2, -0.15) is 0 Å². The number of esters is 3. The third-order valence-corrected chi connectivity index (χ3v) is 15.4. The zero-order valence-corrected chi connectivity index (χ0v) is 53.8. The molecule has 0 fully saturated rings. The molecular formula is C75H132O6. The van der Waals surface area contributed by atoms with E-state index in [0.29, 0.717) is 19.3 Å². The van der Waals surface area contributed by atoms with Gasteiger partial charge in [0.1, 0.15) is 13.2 Å². The van der Waals surface area contributed by atoms with Gasteiger partial charge in [0.2, 0.25) is 0 Å². The van der Waals surface area contributed by atoms with Crippen LogP contribution in [0.25, 0.3) is 0 Å². The molecule has 0 aliphatic rings. The third-order valence-electron chi connectivity index (χ3n) is 15.4. The van der Waals surface area contributed by atoms with Crippen molar-refractivity contribution in [3.63, 3.8) is 0 Å². The van der Waals surface area contributed by atoms with Crippen LogP contribution >= 0.6 is 0 Å². The highest BCUT2D eigenvalue weighted by molar-refractivity contribution is 5.71. The largest absolute Gasteiger partial charge is 0.462 e. The third kappa shape index (κ3) is 67.3. The molecule has 81 heavy (non-hydrogen) atoms. The van der Waals surface area contributed by atoms with Crippen LogP contribution in [0.4, 0.5) is 0 Å². The molecular weight excluding hydrogens is 997 g/mol. The summed E-state index contributed by atoms with van der Waals surface area (Å²) in [5.74, 6) is -0.903. The first kappa shape index (κ1) is 77.6. The van der Waals surface area contributed by atoms with Crippen LogP contribution < -0.4 is 0 Å². The number of rotatable bonds is 64. The number of carbonyl (C=O) groups excluding carboxylic acids is 3. The van der Waals surface area contributed by atoms with E-state index in [1.807, 2.05) is 0 Å². The molecule has 6 heteroatoms. The van der Waals surface area contributed by atoms with Crippen LogP contribution in [0.2, 0.25) is 0 Å². The topological polar surface area (TPSA) is 78.9 Å². The van der Waals surface area contributed by atoms with Crippen molar-refractivity contribution in [3.05, 3.63) is 85.1 Å². The summed E-state index contributed by atoms with van der Waals surface area (Å²) in [6.07, 6.45) is 91.8. The fourth-order valence-corrected chi connectivity index (χ4v) is 10.1. The van der Waals surface area contributed by atoms with Gasteiger partial charge in [-0.3, -0.25) is 14.4 Å². The molecule has 0 aromatic carbocycles. The monoisotopic (exact) mass is 1130 g/mol. The highest BCUT2D eigenvalue weighted by Crippen LogP contribution is 2.17. The standard InChI is InChI=1S/C75H132O6/c1-4-7-10-13-16-19-22-25-28-31-32-33-34-35-36-37-38-39-40-41-42-45-47-50-53-56-59-62-65-68-74(77)80-71-72(81-75(78)69-66-63-60-57-54-51-48-44-30-27-24-21-18-15-12-9-6-3)70-79-73(76)67-64-61-58-55-52-49-46-43-29-26-23-20-17-14-11-8-5-2/h9,12,17-18,20-21,26-27,29-32,48,51,72H,4-8,10-11,13-16,19,22-25,28,33-47,49-50,52-71H2,1-3H3/b12-9-,20-17-,21-18-,29-26-,30-27-,32-31-,51-48-. The summed E-state index contributed by atoms with van der Waals surface area (Å²) in [5.41, 5.74) is 0. The minimum Gasteiger partial charge on any atom is -0.462 e. The summed E-state index contributed by atoms with van der Waals surface area (Å²) < 4.78 is 17.0. The van der Waals surface area contributed by atoms with E-state index in [-0.39, 0.29) is 31.1 Å². The van der Waals surface area contributed by atoms with Crippen LogP contribution in [-0.4, -0.2) is 37.2 Å². The summed E-state index contributed by atoms with van der Waals surface area (Å²) in [5, 5.41) is 0. The van der Waals surface area contributed by atoms with Crippen molar-refractivity contribution in [1.29, 1.82) is 0 Å². The Hall–Kier alpha value is -3.41. The zero-order chi connectivity index (χ0) is 58.5. The Morgan fingerprint density at radius 2 is 0.481 bits per heavy atom. The average molecular weight is 1130 g/mol. The Bertz CT molecular complexity index is 1530. The summed E-state index contributed by atoms with van der Waals surface area (Å²) >= 11 is 0. The van der Waals surface area contributed by atoms with Gasteiger partial charge in [-0.25, -0.2) is 0 Å². The molecule has 0 aromatic rings. The first-order valence-corrected chi connectivity index (χ1v) is 35.1. The second kappa shape index (κ2) is 69.1. The Morgan fingerprint density at radius 3 is 0.790 bits per heavy atom. The molecule has 1 unspecified atom stereocenters. The van der Waals surface area contributed by atoms with E-state index in [2.05, 4.69) is 106 Å². The number of hydrogen-bond acceptors (Lipinski definition) is 6. The van der Waals surface area contributed by atoms with Crippen molar-refractivity contribution in [2.75, 3.05) is 13.2 Å². The van der Waals surface area contributed by atoms with Crippen LogP contribution in [0.15, 0.2) is 85.1 Å². The van der Waals surface area contributed by atoms with E-state index < -0.39 is 6.10 Å². The molecule has 0 saturated heterocycles. The van der Waals surface area contributed by atoms with E-state index in [1.54, 1.807) is 0 Å². The van der Waals surface area contributed by atoms with Crippen LogP contribution in [0.5, 0.6) is 0 Å². The van der Waals surface area contributed by atoms with Gasteiger partial charge < -0.3 is 14.2 Å². The second-order valence-corrected chi connectivity index (χ2v) is 23.4. The lowest BCUT2D eigenvalue weighted by atomic mass is 10.0. The first-order valence-electron chi connectivity index (χ1n) is 35.1. The highest BCUT2D eigenvalue weighted by atomic mass is 16.6. The Kier molecular flexibility index (Phi) is 66.2. The van der Waals surface area contributed by atoms with E-state index in [9.17, 15) is 14.4 Å². The first-order chi connectivity index (χ1) is 40.0. The van der Waals surface area contributed by atoms with Crippen LogP contribution in [0, 0.1) is 0 Å². The van der Waals surface area contributed by atoms with Crippen molar-refractivity contribution < 1.29 is 28.6 Å². The fourth-order valence-electron chi connectivity index (χ4n) is 10.1. The molecule has 1 atom stereocenters. The Morgan fingerprint density at radius 1 is 0.259 bits per heavy atom. The van der Waals surface area contributed by atoms with Gasteiger partial charge in [0.25, 0.3) is 0 Å². The van der Waals surface area contributed by atoms with E-state index in [1.165, 1.54) is 205 Å². The average Bonchev–Trinajstić information content (AvgIpc) is 3.47. The summed E-state index contributed by atoms with van der Waals surface area (Å²) in [7, 11) is 0. The molecule has 0 rings (SSSR count). The SMILES string of the molecule is CC/C=C\C/C=C\C/C=C\C/C=C\CCCCCCC(=O)OC(COC(=O)CCCCCCCCC/C=C\C/C=C\CCCCC)COC(=O)CCCCCCCCCCCCCCCCCCC/C=C\CCCCCCCCCC. The van der Waals surface area contributed by atoms with Crippen molar-refractivity contribution >= 4 is 17.9 Å². The highest BCUT2D eigenvalue weighted by Gasteiger charge is 2.19. The Labute approximate surface area is 503 Å². The van der Waals surface area contributed by atoms with Crippen LogP contribution in [0.3, 0.4) is 0 Å². The molecule has 0 saturated carbocycles. The Balaban J connectivity index is 4.28. The van der Waals surface area contributed by atoms with Gasteiger partial charge in [-0.1, -0.05) is 305 Å². The molecule has 0 spiro atoms. The van der Waals surface area contributed by atoms with Gasteiger partial charge >= 0.3 is 17.9 Å². The molecule has 6 nitrogen and oxygen atoms in total. The van der Waals surface area contributed by atoms with Crippen molar-refractivity contribution in [3.8, 4) is 0 Å². The lowest BCUT2D eigenvalue weighted by molar-refractivity contribution is -0.167. The maximum Gasteiger partial charge on any atom is 0.306 e. The molecule has 0 aliphatic carbocycles.